The molecule has 2 aromatic carbocycles. The Morgan fingerprint density at radius 1 is 1.03 bits per heavy atom. The minimum atomic E-state index is -0.456. The maximum atomic E-state index is 12.7. The number of nitrogens with zero attached hydrogens (tertiary/aromatic N) is 2. The summed E-state index contributed by atoms with van der Waals surface area (Å²) in [4.78, 5) is 30.6. The fourth-order valence-corrected chi connectivity index (χ4v) is 4.89. The van der Waals surface area contributed by atoms with E-state index in [1.54, 1.807) is 42.7 Å². The number of thiazole rings is 1. The van der Waals surface area contributed by atoms with Gasteiger partial charge in [0.15, 0.2) is 4.80 Å². The van der Waals surface area contributed by atoms with Gasteiger partial charge in [-0.05, 0) is 35.6 Å². The molecule has 1 heterocycles. The van der Waals surface area contributed by atoms with Crippen LogP contribution in [-0.2, 0) is 27.3 Å². The highest BCUT2D eigenvalue weighted by molar-refractivity contribution is 7.99. The van der Waals surface area contributed by atoms with Crippen molar-refractivity contribution in [3.63, 3.8) is 0 Å². The van der Waals surface area contributed by atoms with Crippen LogP contribution in [0.2, 0.25) is 0 Å². The molecule has 0 radical (unpaired) electrons. The first-order valence-corrected chi connectivity index (χ1v) is 11.4. The summed E-state index contributed by atoms with van der Waals surface area (Å²) >= 11 is 3.01. The fourth-order valence-electron chi connectivity index (χ4n) is 3.07. The maximum Gasteiger partial charge on any atom is 0.325 e. The first kappa shape index (κ1) is 22.9. The molecular weight excluding hydrogens is 436 g/mol. The van der Waals surface area contributed by atoms with Gasteiger partial charge < -0.3 is 18.8 Å². The number of esters is 1. The fraction of sp³-hybridized carbons (Fsp3) is 0.318. The van der Waals surface area contributed by atoms with E-state index in [2.05, 4.69) is 11.9 Å². The monoisotopic (exact) mass is 460 g/mol. The number of carbonyl (C=O) groups excluding carboxylic acids is 2. The predicted octanol–water partition coefficient (Wildman–Crippen LogP) is 3.68. The zero-order valence-corrected chi connectivity index (χ0v) is 19.5. The first-order chi connectivity index (χ1) is 15.0. The molecule has 1 aromatic heterocycles. The van der Waals surface area contributed by atoms with E-state index in [0.29, 0.717) is 21.8 Å². The van der Waals surface area contributed by atoms with Gasteiger partial charge in [-0.2, -0.15) is 4.99 Å². The standard InChI is InChI=1S/C22H24N2O5S2/c1-5-30-15-8-6-14(7-9-15)12-18(25)23-22-24(13-19(26)29-4)20-16(27-2)10-11-17(28-3)21(20)31-22/h6-11H,5,12-13H2,1-4H3. The number of hydrogen-bond donors (Lipinski definition) is 0. The summed E-state index contributed by atoms with van der Waals surface area (Å²) in [7, 11) is 4.43. The lowest BCUT2D eigenvalue weighted by Gasteiger charge is -2.09. The van der Waals surface area contributed by atoms with E-state index in [9.17, 15) is 9.59 Å². The van der Waals surface area contributed by atoms with E-state index in [1.807, 2.05) is 24.3 Å². The number of carbonyl (C=O) groups is 2. The lowest BCUT2D eigenvalue weighted by Crippen LogP contribution is -2.23. The number of benzene rings is 2. The molecule has 0 N–H and O–H groups in total. The Kier molecular flexibility index (Phi) is 7.75. The normalized spacial score (nSPS) is 11.5. The van der Waals surface area contributed by atoms with Crippen LogP contribution in [0.15, 0.2) is 46.3 Å². The minimum absolute atomic E-state index is 0.102. The largest absolute Gasteiger partial charge is 0.495 e. The third kappa shape index (κ3) is 5.29. The molecule has 0 saturated heterocycles. The predicted molar refractivity (Wildman–Crippen MR) is 122 cm³/mol. The molecule has 0 atom stereocenters. The number of fused-ring (bicyclic) bond motifs is 1. The van der Waals surface area contributed by atoms with Crippen LogP contribution in [0, 0.1) is 0 Å². The van der Waals surface area contributed by atoms with E-state index in [4.69, 9.17) is 14.2 Å². The number of ether oxygens (including phenoxy) is 3. The summed E-state index contributed by atoms with van der Waals surface area (Å²) in [5, 5.41) is 0. The van der Waals surface area contributed by atoms with Gasteiger partial charge in [0.05, 0.1) is 27.8 Å². The van der Waals surface area contributed by atoms with Gasteiger partial charge in [-0.3, -0.25) is 9.59 Å². The quantitative estimate of drug-likeness (QED) is 0.377. The van der Waals surface area contributed by atoms with Crippen LogP contribution >= 0.6 is 23.1 Å². The molecule has 31 heavy (non-hydrogen) atoms. The van der Waals surface area contributed by atoms with Crippen LogP contribution in [0.25, 0.3) is 10.2 Å². The lowest BCUT2D eigenvalue weighted by atomic mass is 10.1. The van der Waals surface area contributed by atoms with Crippen molar-refractivity contribution in [3.05, 3.63) is 46.8 Å². The van der Waals surface area contributed by atoms with Crippen molar-refractivity contribution < 1.29 is 23.8 Å². The number of aromatic nitrogens is 1. The van der Waals surface area contributed by atoms with Crippen molar-refractivity contribution in [2.45, 2.75) is 24.8 Å². The zero-order valence-electron chi connectivity index (χ0n) is 17.8. The van der Waals surface area contributed by atoms with Crippen molar-refractivity contribution in [1.82, 2.24) is 4.57 Å². The van der Waals surface area contributed by atoms with Crippen LogP contribution in [0.3, 0.4) is 0 Å². The molecule has 3 aromatic rings. The Balaban J connectivity index is 2.04. The second-order valence-electron chi connectivity index (χ2n) is 6.45. The van der Waals surface area contributed by atoms with Gasteiger partial charge in [-0.15, -0.1) is 11.8 Å². The van der Waals surface area contributed by atoms with E-state index in [1.165, 1.54) is 18.4 Å². The molecule has 0 unspecified atom stereocenters. The van der Waals surface area contributed by atoms with E-state index in [0.717, 1.165) is 20.9 Å². The van der Waals surface area contributed by atoms with Gasteiger partial charge in [0.25, 0.3) is 5.91 Å². The summed E-state index contributed by atoms with van der Waals surface area (Å²) in [6.07, 6.45) is 0.164. The molecule has 0 spiro atoms. The highest BCUT2D eigenvalue weighted by Crippen LogP contribution is 2.35. The number of amides is 1. The van der Waals surface area contributed by atoms with Crippen molar-refractivity contribution in [3.8, 4) is 11.5 Å². The zero-order chi connectivity index (χ0) is 22.4. The Morgan fingerprint density at radius 3 is 2.32 bits per heavy atom. The summed E-state index contributed by atoms with van der Waals surface area (Å²) in [6.45, 7) is 1.99. The number of rotatable bonds is 8. The summed E-state index contributed by atoms with van der Waals surface area (Å²) in [5.74, 6) is 1.39. The van der Waals surface area contributed by atoms with Crippen molar-refractivity contribution in [1.29, 1.82) is 0 Å². The SMILES string of the molecule is CCSc1ccc(CC(=O)N=c2sc3c(OC)ccc(OC)c3n2CC(=O)OC)cc1. The van der Waals surface area contributed by atoms with Crippen LogP contribution in [0.4, 0.5) is 0 Å². The number of thioether (sulfide) groups is 1. The average Bonchev–Trinajstić information content (AvgIpc) is 3.12. The average molecular weight is 461 g/mol. The molecule has 0 aliphatic heterocycles. The van der Waals surface area contributed by atoms with E-state index in [-0.39, 0.29) is 18.9 Å². The molecule has 9 heteroatoms. The highest BCUT2D eigenvalue weighted by atomic mass is 32.2. The van der Waals surface area contributed by atoms with Gasteiger partial charge in [-0.25, -0.2) is 0 Å². The summed E-state index contributed by atoms with van der Waals surface area (Å²) in [5.41, 5.74) is 1.51. The molecule has 0 aliphatic rings. The van der Waals surface area contributed by atoms with Gasteiger partial charge >= 0.3 is 5.97 Å². The Morgan fingerprint density at radius 2 is 1.71 bits per heavy atom. The smallest absolute Gasteiger partial charge is 0.325 e. The van der Waals surface area contributed by atoms with E-state index < -0.39 is 5.97 Å². The van der Waals surface area contributed by atoms with Gasteiger partial charge in [0.2, 0.25) is 0 Å². The van der Waals surface area contributed by atoms with Crippen molar-refractivity contribution in [2.24, 2.45) is 4.99 Å². The van der Waals surface area contributed by atoms with Gasteiger partial charge in [0, 0.05) is 4.90 Å². The first-order valence-electron chi connectivity index (χ1n) is 9.61. The molecule has 3 rings (SSSR count). The van der Waals surface area contributed by atoms with Gasteiger partial charge in [-0.1, -0.05) is 30.4 Å². The molecule has 1 amide bonds. The van der Waals surface area contributed by atoms with Crippen LogP contribution in [0.5, 0.6) is 11.5 Å². The Hall–Kier alpha value is -2.78. The Labute approximate surface area is 188 Å². The third-order valence-corrected chi connectivity index (χ3v) is 6.50. The number of hydrogen-bond acceptors (Lipinski definition) is 7. The van der Waals surface area contributed by atoms with Crippen LogP contribution in [0.1, 0.15) is 12.5 Å². The topological polar surface area (TPSA) is 79.1 Å². The van der Waals surface area contributed by atoms with Crippen LogP contribution in [-0.4, -0.2) is 43.5 Å². The summed E-state index contributed by atoms with van der Waals surface area (Å²) in [6, 6.07) is 11.4. The molecule has 0 bridgehead atoms. The van der Waals surface area contributed by atoms with Crippen molar-refractivity contribution in [2.75, 3.05) is 27.1 Å². The second-order valence-corrected chi connectivity index (χ2v) is 8.77. The van der Waals surface area contributed by atoms with Gasteiger partial charge in [0.1, 0.15) is 28.3 Å². The molecule has 0 fully saturated rings. The molecule has 0 aliphatic carbocycles. The number of methoxy groups -OCH3 is 3. The third-order valence-electron chi connectivity index (χ3n) is 4.52. The lowest BCUT2D eigenvalue weighted by molar-refractivity contribution is -0.141. The molecular formula is C22H24N2O5S2. The van der Waals surface area contributed by atoms with Crippen LogP contribution < -0.4 is 14.3 Å². The Bertz CT molecular complexity index is 1150. The second kappa shape index (κ2) is 10.5. The molecule has 7 nitrogen and oxygen atoms in total. The summed E-state index contributed by atoms with van der Waals surface area (Å²) < 4.78 is 18.1. The minimum Gasteiger partial charge on any atom is -0.495 e. The molecule has 164 valence electrons. The maximum absolute atomic E-state index is 12.7. The molecule has 0 saturated carbocycles. The highest BCUT2D eigenvalue weighted by Gasteiger charge is 2.18. The van der Waals surface area contributed by atoms with E-state index >= 15 is 0 Å². The van der Waals surface area contributed by atoms with Crippen molar-refractivity contribution >= 4 is 45.2 Å².